The number of nitrogens with zero attached hydrogens (tertiary/aromatic N) is 3. The average Bonchev–Trinajstić information content (AvgIpc) is 3.24. The Morgan fingerprint density at radius 3 is 2.96 bits per heavy atom. The number of carbonyl (C=O) groups excluding carboxylic acids is 1. The van der Waals surface area contributed by atoms with Crippen LogP contribution in [0.3, 0.4) is 0 Å². The fraction of sp³-hybridized carbons (Fsp3) is 0.444. The van der Waals surface area contributed by atoms with E-state index >= 15 is 0 Å². The fourth-order valence-electron chi connectivity index (χ4n) is 3.66. The minimum Gasteiger partial charge on any atom is -0.368 e. The van der Waals surface area contributed by atoms with Crippen LogP contribution in [-0.2, 0) is 23.1 Å². The van der Waals surface area contributed by atoms with Gasteiger partial charge >= 0.3 is 0 Å². The van der Waals surface area contributed by atoms with E-state index in [0.717, 1.165) is 18.4 Å². The van der Waals surface area contributed by atoms with Crippen LogP contribution in [0.4, 0.5) is 0 Å². The van der Waals surface area contributed by atoms with E-state index in [2.05, 4.69) is 23.3 Å². The molecule has 2 unspecified atom stereocenters. The van der Waals surface area contributed by atoms with Crippen molar-refractivity contribution in [2.75, 3.05) is 13.2 Å². The molecule has 0 radical (unpaired) electrons. The van der Waals surface area contributed by atoms with E-state index in [9.17, 15) is 4.79 Å². The van der Waals surface area contributed by atoms with Gasteiger partial charge in [-0.3, -0.25) is 9.48 Å². The zero-order valence-electron chi connectivity index (χ0n) is 13.3. The molecule has 1 saturated heterocycles. The summed E-state index contributed by atoms with van der Waals surface area (Å²) in [5, 5.41) is 4.30. The molecule has 1 amide bonds. The largest absolute Gasteiger partial charge is 0.368 e. The predicted molar refractivity (Wildman–Crippen MR) is 85.9 cm³/mol. The summed E-state index contributed by atoms with van der Waals surface area (Å²) in [6.45, 7) is 2.07. The Morgan fingerprint density at radius 2 is 2.22 bits per heavy atom. The van der Waals surface area contributed by atoms with Crippen LogP contribution in [0.5, 0.6) is 0 Å². The highest BCUT2D eigenvalue weighted by Gasteiger charge is 2.34. The molecule has 1 aromatic carbocycles. The molecule has 23 heavy (non-hydrogen) atoms. The number of amides is 1. The summed E-state index contributed by atoms with van der Waals surface area (Å²) in [6.07, 6.45) is 5.51. The molecule has 2 aliphatic rings. The lowest BCUT2D eigenvalue weighted by atomic mass is 9.86. The maximum absolute atomic E-state index is 12.8. The Bertz CT molecular complexity index is 719. The molecule has 0 aliphatic carbocycles. The van der Waals surface area contributed by atoms with Crippen molar-refractivity contribution in [1.29, 1.82) is 0 Å². The third-order valence-corrected chi connectivity index (χ3v) is 4.84. The van der Waals surface area contributed by atoms with Gasteiger partial charge in [0.15, 0.2) is 0 Å². The summed E-state index contributed by atoms with van der Waals surface area (Å²) in [4.78, 5) is 14.7. The lowest BCUT2D eigenvalue weighted by Crippen LogP contribution is -2.43. The van der Waals surface area contributed by atoms with Gasteiger partial charge in [-0.05, 0) is 29.5 Å². The van der Waals surface area contributed by atoms with Gasteiger partial charge in [-0.25, -0.2) is 0 Å². The number of benzene rings is 1. The van der Waals surface area contributed by atoms with E-state index in [1.807, 2.05) is 35.1 Å². The number of aromatic nitrogens is 2. The van der Waals surface area contributed by atoms with E-state index in [-0.39, 0.29) is 17.9 Å². The van der Waals surface area contributed by atoms with Crippen molar-refractivity contribution in [2.24, 2.45) is 7.05 Å². The zero-order chi connectivity index (χ0) is 15.8. The molecule has 2 aliphatic heterocycles. The van der Waals surface area contributed by atoms with Crippen LogP contribution >= 0.6 is 0 Å². The Morgan fingerprint density at radius 1 is 1.35 bits per heavy atom. The quantitative estimate of drug-likeness (QED) is 0.853. The molecule has 1 fully saturated rings. The average molecular weight is 311 g/mol. The summed E-state index contributed by atoms with van der Waals surface area (Å²) in [5.41, 5.74) is 3.68. The van der Waals surface area contributed by atoms with Gasteiger partial charge in [0, 0.05) is 38.9 Å². The third-order valence-electron chi connectivity index (χ3n) is 4.84. The molecule has 4 rings (SSSR count). The van der Waals surface area contributed by atoms with Crippen molar-refractivity contribution in [3.05, 3.63) is 53.3 Å². The van der Waals surface area contributed by atoms with Gasteiger partial charge in [-0.15, -0.1) is 0 Å². The van der Waals surface area contributed by atoms with Crippen molar-refractivity contribution < 1.29 is 9.53 Å². The predicted octanol–water partition coefficient (Wildman–Crippen LogP) is 2.07. The highest BCUT2D eigenvalue weighted by molar-refractivity contribution is 5.81. The first-order valence-corrected chi connectivity index (χ1v) is 8.19. The number of aryl methyl sites for hydroxylation is 1. The summed E-state index contributed by atoms with van der Waals surface area (Å²) in [5.74, 6) is 0.310. The van der Waals surface area contributed by atoms with Gasteiger partial charge in [0.05, 0.1) is 6.20 Å². The van der Waals surface area contributed by atoms with Crippen molar-refractivity contribution in [3.63, 3.8) is 0 Å². The lowest BCUT2D eigenvalue weighted by Gasteiger charge is -2.35. The minimum absolute atomic E-state index is 0.130. The molecule has 0 saturated carbocycles. The van der Waals surface area contributed by atoms with Gasteiger partial charge < -0.3 is 9.64 Å². The highest BCUT2D eigenvalue weighted by atomic mass is 16.5. The molecule has 0 bridgehead atoms. The molecule has 120 valence electrons. The molecular formula is C18H21N3O2. The molecule has 0 spiro atoms. The van der Waals surface area contributed by atoms with E-state index in [4.69, 9.17) is 4.74 Å². The summed E-state index contributed by atoms with van der Waals surface area (Å²) >= 11 is 0. The molecule has 5 nitrogen and oxygen atoms in total. The van der Waals surface area contributed by atoms with Gasteiger partial charge in [-0.2, -0.15) is 5.10 Å². The van der Waals surface area contributed by atoms with Crippen LogP contribution in [-0.4, -0.2) is 39.8 Å². The van der Waals surface area contributed by atoms with Crippen LogP contribution in [0.25, 0.3) is 0 Å². The minimum atomic E-state index is -0.255. The van der Waals surface area contributed by atoms with Crippen LogP contribution in [0.1, 0.15) is 35.4 Å². The highest BCUT2D eigenvalue weighted by Crippen LogP contribution is 2.34. The molecule has 1 aromatic heterocycles. The first-order chi connectivity index (χ1) is 11.2. The zero-order valence-corrected chi connectivity index (χ0v) is 13.3. The van der Waals surface area contributed by atoms with Crippen LogP contribution < -0.4 is 0 Å². The standard InChI is InChI=1S/C18H21N3O2/c1-20-10-14(9-19-20)16-12-21(18(22)17-7-4-8-23-17)11-13-5-2-3-6-15(13)16/h2-3,5-6,9-10,16-17H,4,7-8,11-12H2,1H3. The Balaban J connectivity index is 1.66. The maximum atomic E-state index is 12.8. The van der Waals surface area contributed by atoms with Crippen molar-refractivity contribution >= 4 is 5.91 Å². The van der Waals surface area contributed by atoms with Crippen molar-refractivity contribution in [1.82, 2.24) is 14.7 Å². The van der Waals surface area contributed by atoms with Crippen molar-refractivity contribution in [2.45, 2.75) is 31.4 Å². The second-order valence-electron chi connectivity index (χ2n) is 6.42. The number of carbonyl (C=O) groups is 1. The number of rotatable bonds is 2. The number of ether oxygens (including phenoxy) is 1. The first kappa shape index (κ1) is 14.5. The molecule has 5 heteroatoms. The van der Waals surface area contributed by atoms with E-state index in [0.29, 0.717) is 19.7 Å². The summed E-state index contributed by atoms with van der Waals surface area (Å²) in [6, 6.07) is 8.40. The lowest BCUT2D eigenvalue weighted by molar-refractivity contribution is -0.142. The topological polar surface area (TPSA) is 47.4 Å². The summed E-state index contributed by atoms with van der Waals surface area (Å²) in [7, 11) is 1.92. The van der Waals surface area contributed by atoms with Crippen LogP contribution in [0, 0.1) is 0 Å². The smallest absolute Gasteiger partial charge is 0.252 e. The normalized spacial score (nSPS) is 23.8. The summed E-state index contributed by atoms with van der Waals surface area (Å²) < 4.78 is 7.41. The van der Waals surface area contributed by atoms with Gasteiger partial charge in [-0.1, -0.05) is 24.3 Å². The molecule has 3 heterocycles. The van der Waals surface area contributed by atoms with E-state index < -0.39 is 0 Å². The second-order valence-corrected chi connectivity index (χ2v) is 6.42. The van der Waals surface area contributed by atoms with Gasteiger partial charge in [0.1, 0.15) is 6.10 Å². The first-order valence-electron chi connectivity index (χ1n) is 8.19. The maximum Gasteiger partial charge on any atom is 0.252 e. The van der Waals surface area contributed by atoms with E-state index in [1.165, 1.54) is 11.1 Å². The van der Waals surface area contributed by atoms with Gasteiger partial charge in [0.2, 0.25) is 0 Å². The van der Waals surface area contributed by atoms with Crippen LogP contribution in [0.2, 0.25) is 0 Å². The molecular weight excluding hydrogens is 290 g/mol. The monoisotopic (exact) mass is 311 g/mol. The molecule has 2 aromatic rings. The van der Waals surface area contributed by atoms with Gasteiger partial charge in [0.25, 0.3) is 5.91 Å². The number of hydrogen-bond acceptors (Lipinski definition) is 3. The van der Waals surface area contributed by atoms with Crippen molar-refractivity contribution in [3.8, 4) is 0 Å². The Labute approximate surface area is 135 Å². The number of hydrogen-bond donors (Lipinski definition) is 0. The fourth-order valence-corrected chi connectivity index (χ4v) is 3.66. The molecule has 2 atom stereocenters. The van der Waals surface area contributed by atoms with Crippen LogP contribution in [0.15, 0.2) is 36.7 Å². The Kier molecular flexibility index (Phi) is 3.65. The third kappa shape index (κ3) is 2.65. The Hall–Kier alpha value is -2.14. The number of fused-ring (bicyclic) bond motifs is 1. The second kappa shape index (κ2) is 5.81. The van der Waals surface area contributed by atoms with E-state index in [1.54, 1.807) is 0 Å². The SMILES string of the molecule is Cn1cc(C2CN(C(=O)C3CCCO3)Cc3ccccc32)cn1. The molecule has 0 N–H and O–H groups in total.